The summed E-state index contributed by atoms with van der Waals surface area (Å²) in [6.45, 7) is 8.72. The maximum Gasteiger partial charge on any atom is 0.350 e. The van der Waals surface area contributed by atoms with E-state index in [-0.39, 0.29) is 27.9 Å². The van der Waals surface area contributed by atoms with Crippen molar-refractivity contribution < 1.29 is 33.7 Å². The zero-order valence-electron chi connectivity index (χ0n) is 24.3. The van der Waals surface area contributed by atoms with Crippen LogP contribution in [0, 0.1) is 6.92 Å². The molecule has 0 spiro atoms. The van der Waals surface area contributed by atoms with Gasteiger partial charge in [0.25, 0.3) is 5.78 Å². The molecule has 1 aromatic heterocycles. The maximum absolute atomic E-state index is 13.6. The first kappa shape index (κ1) is 30.8. The van der Waals surface area contributed by atoms with Gasteiger partial charge in [-0.15, -0.1) is 0 Å². The number of aliphatic hydroxyl groups excluding tert-OH is 1. The number of rotatable bonds is 13. The number of hydrogen-bond donors (Lipinski definition) is 1. The summed E-state index contributed by atoms with van der Waals surface area (Å²) >= 11 is 0.967. The Morgan fingerprint density at radius 1 is 0.976 bits per heavy atom. The van der Waals surface area contributed by atoms with E-state index in [2.05, 4.69) is 11.9 Å². The van der Waals surface area contributed by atoms with E-state index in [0.29, 0.717) is 41.5 Å². The number of thiazole rings is 1. The number of carbonyl (C=O) groups is 3. The lowest BCUT2D eigenvalue weighted by molar-refractivity contribution is -0.132. The van der Waals surface area contributed by atoms with Crippen molar-refractivity contribution in [1.82, 2.24) is 4.98 Å². The average molecular weight is 593 g/mol. The zero-order valence-corrected chi connectivity index (χ0v) is 25.2. The predicted molar refractivity (Wildman–Crippen MR) is 161 cm³/mol. The van der Waals surface area contributed by atoms with Crippen LogP contribution in [0.5, 0.6) is 11.5 Å². The van der Waals surface area contributed by atoms with Gasteiger partial charge in [-0.05, 0) is 68.7 Å². The standard InChI is InChI=1S/C32H36N2O7S/c1-5-8-9-18-41-24-12-10-11-22(19-24)26-25(27(35)21-13-15-23(16-14-21)40-17-6-2)28(36)30(37)34(26)32-33-20(4)29(42-32)31(38)39-7-3/h10-16,19,26,35H,5-9,17-18H2,1-4H3. The van der Waals surface area contributed by atoms with Crippen molar-refractivity contribution >= 4 is 39.9 Å². The van der Waals surface area contributed by atoms with Gasteiger partial charge in [0.15, 0.2) is 5.13 Å². The lowest BCUT2D eigenvalue weighted by Crippen LogP contribution is -2.29. The first-order chi connectivity index (χ1) is 20.3. The second-order valence-electron chi connectivity index (χ2n) is 9.80. The van der Waals surface area contributed by atoms with Gasteiger partial charge in [-0.3, -0.25) is 14.5 Å². The SMILES string of the molecule is CCCCCOc1cccc(C2C(=C(O)c3ccc(OCCC)cc3)C(=O)C(=O)N2c2nc(C)c(C(=O)OCC)s2)c1. The molecule has 1 atom stereocenters. The van der Waals surface area contributed by atoms with Gasteiger partial charge in [0, 0.05) is 5.56 Å². The fraction of sp³-hybridized carbons (Fsp3) is 0.375. The van der Waals surface area contributed by atoms with Gasteiger partial charge in [0.2, 0.25) is 0 Å². The Labute approximate surface area is 249 Å². The molecule has 1 saturated heterocycles. The smallest absolute Gasteiger partial charge is 0.350 e. The number of Topliss-reactive ketones (excluding diaryl/α,β-unsaturated/α-hetero) is 1. The third kappa shape index (κ3) is 6.65. The Balaban J connectivity index is 1.81. The Morgan fingerprint density at radius 3 is 2.40 bits per heavy atom. The lowest BCUT2D eigenvalue weighted by Gasteiger charge is -2.23. The summed E-state index contributed by atoms with van der Waals surface area (Å²) < 4.78 is 16.8. The van der Waals surface area contributed by atoms with Crippen LogP contribution in [0.1, 0.15) is 79.0 Å². The molecule has 0 saturated carbocycles. The third-order valence-electron chi connectivity index (χ3n) is 6.69. The van der Waals surface area contributed by atoms with Gasteiger partial charge in [0.1, 0.15) is 22.1 Å². The van der Waals surface area contributed by atoms with E-state index in [9.17, 15) is 19.5 Å². The number of esters is 1. The minimum absolute atomic E-state index is 0.0871. The first-order valence-electron chi connectivity index (χ1n) is 14.2. The van der Waals surface area contributed by atoms with Crippen molar-refractivity contribution in [1.29, 1.82) is 0 Å². The van der Waals surface area contributed by atoms with Gasteiger partial charge >= 0.3 is 11.9 Å². The molecule has 9 nitrogen and oxygen atoms in total. The number of hydrogen-bond acceptors (Lipinski definition) is 9. The van der Waals surface area contributed by atoms with Crippen molar-refractivity contribution in [3.8, 4) is 11.5 Å². The van der Waals surface area contributed by atoms with Crippen LogP contribution < -0.4 is 14.4 Å². The predicted octanol–water partition coefficient (Wildman–Crippen LogP) is 6.61. The van der Waals surface area contributed by atoms with Crippen LogP contribution >= 0.6 is 11.3 Å². The molecule has 1 aliphatic rings. The summed E-state index contributed by atoms with van der Waals surface area (Å²) in [5, 5.41) is 11.6. The number of anilines is 1. The van der Waals surface area contributed by atoms with Gasteiger partial charge in [-0.2, -0.15) is 0 Å². The van der Waals surface area contributed by atoms with Crippen molar-refractivity contribution in [3.05, 3.63) is 75.8 Å². The molecule has 1 N–H and O–H groups in total. The van der Waals surface area contributed by atoms with E-state index >= 15 is 0 Å². The number of aliphatic hydroxyl groups is 1. The maximum atomic E-state index is 13.6. The van der Waals surface area contributed by atoms with Crippen LogP contribution in [-0.2, 0) is 14.3 Å². The quantitative estimate of drug-likeness (QED) is 0.0775. The molecule has 2 heterocycles. The second-order valence-corrected chi connectivity index (χ2v) is 10.8. The normalized spacial score (nSPS) is 16.1. The topological polar surface area (TPSA) is 115 Å². The van der Waals surface area contributed by atoms with E-state index in [1.54, 1.807) is 56.3 Å². The Hall–Kier alpha value is -4.18. The minimum atomic E-state index is -1.01. The number of unbranched alkanes of at least 4 members (excludes halogenated alkanes) is 2. The summed E-state index contributed by atoms with van der Waals surface area (Å²) in [6.07, 6.45) is 3.84. The van der Waals surface area contributed by atoms with E-state index in [1.807, 2.05) is 13.0 Å². The molecule has 3 aromatic rings. The molecule has 2 aromatic carbocycles. The fourth-order valence-electron chi connectivity index (χ4n) is 4.62. The molecule has 4 rings (SSSR count). The highest BCUT2D eigenvalue weighted by Crippen LogP contribution is 2.44. The molecule has 1 fully saturated rings. The van der Waals surface area contributed by atoms with Crippen LogP contribution in [0.4, 0.5) is 5.13 Å². The number of ether oxygens (including phenoxy) is 3. The summed E-state index contributed by atoms with van der Waals surface area (Å²) in [4.78, 5) is 45.6. The van der Waals surface area contributed by atoms with Crippen LogP contribution in [0.3, 0.4) is 0 Å². The first-order valence-corrected chi connectivity index (χ1v) is 15.0. The molecule has 1 unspecified atom stereocenters. The van der Waals surface area contributed by atoms with E-state index in [4.69, 9.17) is 14.2 Å². The van der Waals surface area contributed by atoms with E-state index in [1.165, 1.54) is 4.90 Å². The Bertz CT molecular complexity index is 1460. The number of ketones is 1. The minimum Gasteiger partial charge on any atom is -0.507 e. The average Bonchev–Trinajstić information content (AvgIpc) is 3.50. The lowest BCUT2D eigenvalue weighted by atomic mass is 9.95. The molecule has 42 heavy (non-hydrogen) atoms. The Morgan fingerprint density at radius 2 is 1.71 bits per heavy atom. The fourth-order valence-corrected chi connectivity index (χ4v) is 5.60. The number of nitrogens with zero attached hydrogens (tertiary/aromatic N) is 2. The number of amides is 1. The van der Waals surface area contributed by atoms with Crippen LogP contribution in [0.25, 0.3) is 5.76 Å². The number of aryl methyl sites for hydroxylation is 1. The molecule has 0 aliphatic carbocycles. The van der Waals surface area contributed by atoms with Crippen LogP contribution in [0.15, 0.2) is 54.1 Å². The van der Waals surface area contributed by atoms with Gasteiger partial charge in [0.05, 0.1) is 37.1 Å². The Kier molecular flexibility index (Phi) is 10.4. The number of aromatic nitrogens is 1. The third-order valence-corrected chi connectivity index (χ3v) is 7.82. The van der Waals surface area contributed by atoms with Crippen LogP contribution in [0.2, 0.25) is 0 Å². The summed E-state index contributed by atoms with van der Waals surface area (Å²) in [5.74, 6) is -1.39. The number of benzene rings is 2. The monoisotopic (exact) mass is 592 g/mol. The van der Waals surface area contributed by atoms with Crippen LogP contribution in [-0.4, -0.2) is 47.6 Å². The molecular weight excluding hydrogens is 556 g/mol. The molecular formula is C32H36N2O7S. The highest BCUT2D eigenvalue weighted by atomic mass is 32.1. The molecule has 10 heteroatoms. The highest BCUT2D eigenvalue weighted by Gasteiger charge is 2.48. The van der Waals surface area contributed by atoms with E-state index in [0.717, 1.165) is 37.0 Å². The number of carbonyl (C=O) groups excluding carboxylic acids is 3. The highest BCUT2D eigenvalue weighted by molar-refractivity contribution is 7.17. The molecule has 0 radical (unpaired) electrons. The molecule has 1 amide bonds. The summed E-state index contributed by atoms with van der Waals surface area (Å²) in [7, 11) is 0. The summed E-state index contributed by atoms with van der Waals surface area (Å²) in [5.41, 5.74) is 1.20. The van der Waals surface area contributed by atoms with Gasteiger partial charge in [-0.25, -0.2) is 9.78 Å². The molecule has 1 aliphatic heterocycles. The molecule has 0 bridgehead atoms. The van der Waals surface area contributed by atoms with Gasteiger partial charge < -0.3 is 19.3 Å². The largest absolute Gasteiger partial charge is 0.507 e. The van der Waals surface area contributed by atoms with Crippen molar-refractivity contribution in [2.45, 2.75) is 59.4 Å². The van der Waals surface area contributed by atoms with Crippen molar-refractivity contribution in [2.24, 2.45) is 0 Å². The van der Waals surface area contributed by atoms with Gasteiger partial charge in [-0.1, -0.05) is 50.2 Å². The van der Waals surface area contributed by atoms with Crippen molar-refractivity contribution in [2.75, 3.05) is 24.7 Å². The summed E-state index contributed by atoms with van der Waals surface area (Å²) in [6, 6.07) is 12.8. The second kappa shape index (κ2) is 14.1. The molecule has 222 valence electrons. The van der Waals surface area contributed by atoms with E-state index < -0.39 is 23.7 Å². The zero-order chi connectivity index (χ0) is 30.2. The van der Waals surface area contributed by atoms with Crippen molar-refractivity contribution in [3.63, 3.8) is 0 Å².